The van der Waals surface area contributed by atoms with E-state index in [1.807, 2.05) is 0 Å². The van der Waals surface area contributed by atoms with Gasteiger partial charge in [-0.05, 0) is 30.4 Å². The summed E-state index contributed by atoms with van der Waals surface area (Å²) in [6, 6.07) is 4.47. The van der Waals surface area contributed by atoms with Gasteiger partial charge in [-0.2, -0.15) is 0 Å². The lowest BCUT2D eigenvalue weighted by molar-refractivity contribution is -0.384. The lowest BCUT2D eigenvalue weighted by Gasteiger charge is -2.23. The SMILES string of the molecule is CC1(CNC(=O)c2cccc(NN)c2[N+](=O)[O-])CCCC1. The number of nitrogen functional groups attached to an aromatic ring is 1. The molecule has 1 amide bonds. The molecule has 0 unspecified atom stereocenters. The molecule has 1 fully saturated rings. The monoisotopic (exact) mass is 292 g/mol. The maximum absolute atomic E-state index is 12.3. The molecule has 0 radical (unpaired) electrons. The van der Waals surface area contributed by atoms with E-state index in [4.69, 9.17) is 5.84 Å². The number of nitrogens with zero attached hydrogens (tertiary/aromatic N) is 1. The molecular formula is C14H20N4O3. The van der Waals surface area contributed by atoms with Gasteiger partial charge in [0.05, 0.1) is 4.92 Å². The number of amides is 1. The molecule has 1 aliphatic rings. The van der Waals surface area contributed by atoms with Gasteiger partial charge in [0.2, 0.25) is 0 Å². The Morgan fingerprint density at radius 3 is 2.67 bits per heavy atom. The van der Waals surface area contributed by atoms with Crippen LogP contribution >= 0.6 is 0 Å². The van der Waals surface area contributed by atoms with E-state index >= 15 is 0 Å². The van der Waals surface area contributed by atoms with Gasteiger partial charge in [-0.1, -0.05) is 25.8 Å². The van der Waals surface area contributed by atoms with E-state index < -0.39 is 10.8 Å². The Bertz CT molecular complexity index is 553. The first-order valence-electron chi connectivity index (χ1n) is 6.99. The molecule has 7 heteroatoms. The van der Waals surface area contributed by atoms with Crippen LogP contribution in [0.3, 0.4) is 0 Å². The van der Waals surface area contributed by atoms with Crippen LogP contribution in [-0.2, 0) is 0 Å². The summed E-state index contributed by atoms with van der Waals surface area (Å²) >= 11 is 0. The minimum Gasteiger partial charge on any atom is -0.351 e. The zero-order valence-corrected chi connectivity index (χ0v) is 12.0. The van der Waals surface area contributed by atoms with Crippen LogP contribution in [0.25, 0.3) is 0 Å². The van der Waals surface area contributed by atoms with Crippen LogP contribution in [0.4, 0.5) is 11.4 Å². The number of para-hydroxylation sites is 1. The van der Waals surface area contributed by atoms with Crippen molar-refractivity contribution in [3.63, 3.8) is 0 Å². The van der Waals surface area contributed by atoms with Crippen LogP contribution in [0.15, 0.2) is 18.2 Å². The van der Waals surface area contributed by atoms with Crippen molar-refractivity contribution in [2.24, 2.45) is 11.3 Å². The molecule has 0 bridgehead atoms. The van der Waals surface area contributed by atoms with Crippen molar-refractivity contribution in [3.05, 3.63) is 33.9 Å². The van der Waals surface area contributed by atoms with Gasteiger partial charge < -0.3 is 10.7 Å². The Hall–Kier alpha value is -2.15. The molecule has 0 aromatic heterocycles. The summed E-state index contributed by atoms with van der Waals surface area (Å²) in [7, 11) is 0. The Balaban J connectivity index is 2.17. The van der Waals surface area contributed by atoms with Gasteiger partial charge in [-0.15, -0.1) is 0 Å². The third kappa shape index (κ3) is 3.30. The number of nitro benzene ring substituents is 1. The number of benzene rings is 1. The molecule has 4 N–H and O–H groups in total. The van der Waals surface area contributed by atoms with Gasteiger partial charge in [0, 0.05) is 6.54 Å². The van der Waals surface area contributed by atoms with Gasteiger partial charge in [0.25, 0.3) is 5.91 Å². The Morgan fingerprint density at radius 1 is 1.43 bits per heavy atom. The average molecular weight is 292 g/mol. The first-order valence-corrected chi connectivity index (χ1v) is 6.99. The molecule has 1 saturated carbocycles. The Labute approximate surface area is 123 Å². The van der Waals surface area contributed by atoms with Crippen LogP contribution < -0.4 is 16.6 Å². The highest BCUT2D eigenvalue weighted by atomic mass is 16.6. The van der Waals surface area contributed by atoms with Crippen molar-refractivity contribution >= 4 is 17.3 Å². The number of nitrogens with two attached hydrogens (primary N) is 1. The second-order valence-electron chi connectivity index (χ2n) is 5.80. The number of nitro groups is 1. The van der Waals surface area contributed by atoms with E-state index in [9.17, 15) is 14.9 Å². The molecule has 1 aromatic carbocycles. The van der Waals surface area contributed by atoms with Crippen LogP contribution in [0.5, 0.6) is 0 Å². The fraction of sp³-hybridized carbons (Fsp3) is 0.500. The Kier molecular flexibility index (Phi) is 4.42. The molecule has 0 saturated heterocycles. The summed E-state index contributed by atoms with van der Waals surface area (Å²) in [4.78, 5) is 22.8. The molecule has 2 rings (SSSR count). The van der Waals surface area contributed by atoms with E-state index in [1.54, 1.807) is 6.07 Å². The fourth-order valence-electron chi connectivity index (χ4n) is 2.83. The first kappa shape index (κ1) is 15.2. The predicted octanol–water partition coefficient (Wildman–Crippen LogP) is 2.19. The molecular weight excluding hydrogens is 272 g/mol. The fourth-order valence-corrected chi connectivity index (χ4v) is 2.83. The molecule has 7 nitrogen and oxygen atoms in total. The van der Waals surface area contributed by atoms with Crippen molar-refractivity contribution in [1.82, 2.24) is 5.32 Å². The van der Waals surface area contributed by atoms with E-state index in [1.165, 1.54) is 25.0 Å². The van der Waals surface area contributed by atoms with E-state index in [0.29, 0.717) is 6.54 Å². The Morgan fingerprint density at radius 2 is 2.10 bits per heavy atom. The lowest BCUT2D eigenvalue weighted by atomic mass is 9.89. The minimum absolute atomic E-state index is 0.0250. The summed E-state index contributed by atoms with van der Waals surface area (Å²) in [5.74, 6) is 4.83. The summed E-state index contributed by atoms with van der Waals surface area (Å²) in [5.41, 5.74) is 2.20. The smallest absolute Gasteiger partial charge is 0.306 e. The molecule has 0 atom stereocenters. The normalized spacial score (nSPS) is 16.5. The third-order valence-electron chi connectivity index (χ3n) is 4.11. The number of rotatable bonds is 5. The van der Waals surface area contributed by atoms with Crippen molar-refractivity contribution in [2.45, 2.75) is 32.6 Å². The number of hydrazine groups is 1. The van der Waals surface area contributed by atoms with Crippen LogP contribution in [0.1, 0.15) is 43.0 Å². The van der Waals surface area contributed by atoms with Gasteiger partial charge in [-0.25, -0.2) is 0 Å². The zero-order chi connectivity index (χ0) is 15.5. The highest BCUT2D eigenvalue weighted by molar-refractivity contribution is 6.00. The highest BCUT2D eigenvalue weighted by Crippen LogP contribution is 2.37. The summed E-state index contributed by atoms with van der Waals surface area (Å²) in [6.45, 7) is 2.66. The number of hydrogen-bond donors (Lipinski definition) is 3. The molecule has 1 aliphatic carbocycles. The van der Waals surface area contributed by atoms with Gasteiger partial charge in [0.15, 0.2) is 0 Å². The number of carbonyl (C=O) groups excluding carboxylic acids is 1. The second-order valence-corrected chi connectivity index (χ2v) is 5.80. The highest BCUT2D eigenvalue weighted by Gasteiger charge is 2.30. The topological polar surface area (TPSA) is 110 Å². The van der Waals surface area contributed by atoms with Crippen molar-refractivity contribution in [2.75, 3.05) is 12.0 Å². The van der Waals surface area contributed by atoms with Gasteiger partial charge >= 0.3 is 5.69 Å². The zero-order valence-electron chi connectivity index (χ0n) is 12.0. The lowest BCUT2D eigenvalue weighted by Crippen LogP contribution is -2.34. The molecule has 0 aliphatic heterocycles. The average Bonchev–Trinajstić information content (AvgIpc) is 2.91. The summed E-state index contributed by atoms with van der Waals surface area (Å²) in [5, 5.41) is 14.0. The van der Waals surface area contributed by atoms with Crippen molar-refractivity contribution < 1.29 is 9.72 Å². The van der Waals surface area contributed by atoms with Gasteiger partial charge in [0.1, 0.15) is 11.3 Å². The quantitative estimate of drug-likeness (QED) is 0.437. The molecule has 1 aromatic rings. The predicted molar refractivity (Wildman–Crippen MR) is 79.8 cm³/mol. The maximum Gasteiger partial charge on any atom is 0.306 e. The standard InChI is InChI=1S/C14H20N4O3/c1-14(7-2-3-8-14)9-16-13(19)10-5-4-6-11(17-15)12(10)18(20)21/h4-6,17H,2-3,7-9,15H2,1H3,(H,16,19). The third-order valence-corrected chi connectivity index (χ3v) is 4.11. The molecule has 21 heavy (non-hydrogen) atoms. The number of anilines is 1. The van der Waals surface area contributed by atoms with Gasteiger partial charge in [-0.3, -0.25) is 20.8 Å². The molecule has 114 valence electrons. The van der Waals surface area contributed by atoms with Crippen LogP contribution in [0.2, 0.25) is 0 Å². The van der Waals surface area contributed by atoms with Crippen LogP contribution in [0, 0.1) is 15.5 Å². The van der Waals surface area contributed by atoms with Crippen molar-refractivity contribution in [3.8, 4) is 0 Å². The minimum atomic E-state index is -0.596. The summed E-state index contributed by atoms with van der Waals surface area (Å²) < 4.78 is 0. The van der Waals surface area contributed by atoms with Crippen molar-refractivity contribution in [1.29, 1.82) is 0 Å². The van der Waals surface area contributed by atoms with Crippen LogP contribution in [-0.4, -0.2) is 17.4 Å². The number of hydrogen-bond acceptors (Lipinski definition) is 5. The molecule has 0 heterocycles. The first-order chi connectivity index (χ1) is 9.97. The van der Waals surface area contributed by atoms with E-state index in [-0.39, 0.29) is 22.4 Å². The summed E-state index contributed by atoms with van der Waals surface area (Å²) in [6.07, 6.45) is 4.47. The second kappa shape index (κ2) is 6.09. The largest absolute Gasteiger partial charge is 0.351 e. The maximum atomic E-state index is 12.3. The number of nitrogens with one attached hydrogen (secondary N) is 2. The van der Waals surface area contributed by atoms with E-state index in [0.717, 1.165) is 12.8 Å². The molecule has 0 spiro atoms. The number of carbonyl (C=O) groups is 1. The van der Waals surface area contributed by atoms with E-state index in [2.05, 4.69) is 17.7 Å².